The number of nitrogens with one attached hydrogen (secondary N) is 1. The van der Waals surface area contributed by atoms with Crippen LogP contribution in [0, 0.1) is 6.92 Å². The van der Waals surface area contributed by atoms with Gasteiger partial charge in [0.25, 0.3) is 0 Å². The van der Waals surface area contributed by atoms with E-state index < -0.39 is 5.91 Å². The van der Waals surface area contributed by atoms with E-state index in [9.17, 15) is 4.79 Å². The lowest BCUT2D eigenvalue weighted by Gasteiger charge is -2.31. The molecule has 106 valence electrons. The van der Waals surface area contributed by atoms with Gasteiger partial charge in [0, 0.05) is 25.2 Å². The zero-order valence-corrected chi connectivity index (χ0v) is 10.9. The minimum absolute atomic E-state index is 0.0156. The van der Waals surface area contributed by atoms with Gasteiger partial charge in [0.05, 0.1) is 19.3 Å². The predicted octanol–water partition coefficient (Wildman–Crippen LogP) is -0.615. The molecule has 1 fully saturated rings. The van der Waals surface area contributed by atoms with Crippen LogP contribution >= 0.6 is 0 Å². The van der Waals surface area contributed by atoms with Crippen LogP contribution in [0.2, 0.25) is 0 Å². The summed E-state index contributed by atoms with van der Waals surface area (Å²) in [6.45, 7) is 4.54. The van der Waals surface area contributed by atoms with Crippen LogP contribution in [-0.4, -0.2) is 48.3 Å². The molecule has 1 atom stereocenters. The Morgan fingerprint density at radius 1 is 1.68 bits per heavy atom. The first-order valence-corrected chi connectivity index (χ1v) is 6.19. The Morgan fingerprint density at radius 3 is 3.16 bits per heavy atom. The number of aliphatic hydroxyl groups excluding tert-OH is 1. The van der Waals surface area contributed by atoms with Gasteiger partial charge in [0.1, 0.15) is 5.76 Å². The second kappa shape index (κ2) is 6.16. The summed E-state index contributed by atoms with van der Waals surface area (Å²) in [5, 5.41) is 9.10. The first kappa shape index (κ1) is 14.0. The van der Waals surface area contributed by atoms with Gasteiger partial charge in [0.2, 0.25) is 0 Å². The summed E-state index contributed by atoms with van der Waals surface area (Å²) in [7, 11) is 0. The van der Waals surface area contributed by atoms with Crippen LogP contribution in [0.5, 0.6) is 0 Å². The second-order valence-electron chi connectivity index (χ2n) is 4.58. The lowest BCUT2D eigenvalue weighted by atomic mass is 10.2. The number of nitrogen functional groups attached to an aromatic ring is 1. The monoisotopic (exact) mass is 269 g/mol. The number of ether oxygens (including phenoxy) is 1. The largest absolute Gasteiger partial charge is 0.456 e. The molecule has 7 nitrogen and oxygen atoms in total. The highest BCUT2D eigenvalue weighted by Crippen LogP contribution is 2.18. The summed E-state index contributed by atoms with van der Waals surface area (Å²) < 4.78 is 10.8. The number of nitrogens with two attached hydrogens (primary N) is 1. The number of carbonyl (C=O) groups excluding carboxylic acids is 1. The number of nitrogens with zero attached hydrogens (tertiary/aromatic N) is 1. The van der Waals surface area contributed by atoms with Crippen molar-refractivity contribution in [2.75, 3.05) is 26.3 Å². The smallest absolute Gasteiger partial charge is 0.300 e. The molecule has 0 aromatic carbocycles. The molecule has 2 heterocycles. The van der Waals surface area contributed by atoms with Crippen molar-refractivity contribution in [1.82, 2.24) is 10.3 Å². The molecule has 1 aliphatic heterocycles. The number of aliphatic hydroxyl groups is 1. The molecular formula is C12H19N3O4. The minimum atomic E-state index is -0.440. The standard InChI is InChI=1S/C12H19N3O4/c1-8-9(4-11(19-8)12(17)14-13)5-15-2-3-18-10(6-15)7-16/h4,10,16H,2-3,5-7,13H2,1H3,(H,14,17). The lowest BCUT2D eigenvalue weighted by molar-refractivity contribution is -0.0551. The first-order valence-electron chi connectivity index (χ1n) is 6.19. The van der Waals surface area contributed by atoms with E-state index in [1.807, 2.05) is 12.3 Å². The van der Waals surface area contributed by atoms with Gasteiger partial charge in [-0.1, -0.05) is 0 Å². The summed E-state index contributed by atoms with van der Waals surface area (Å²) in [5.74, 6) is 5.54. The summed E-state index contributed by atoms with van der Waals surface area (Å²) in [6, 6.07) is 1.70. The number of hydrogen-bond acceptors (Lipinski definition) is 6. The molecule has 1 aliphatic rings. The van der Waals surface area contributed by atoms with E-state index in [4.69, 9.17) is 20.1 Å². The van der Waals surface area contributed by atoms with E-state index in [2.05, 4.69) is 4.90 Å². The van der Waals surface area contributed by atoms with Crippen LogP contribution in [-0.2, 0) is 11.3 Å². The SMILES string of the molecule is Cc1oc(C(=O)NN)cc1CN1CCOC(CO)C1. The highest BCUT2D eigenvalue weighted by molar-refractivity contribution is 5.91. The Balaban J connectivity index is 2.02. The summed E-state index contributed by atoms with van der Waals surface area (Å²) in [5.41, 5.74) is 2.98. The topological polar surface area (TPSA) is 101 Å². The third-order valence-corrected chi connectivity index (χ3v) is 3.20. The molecule has 1 unspecified atom stereocenters. The Bertz CT molecular complexity index is 446. The molecule has 1 aromatic heterocycles. The number of rotatable bonds is 4. The van der Waals surface area contributed by atoms with Crippen molar-refractivity contribution < 1.29 is 19.1 Å². The van der Waals surface area contributed by atoms with Crippen LogP contribution in [0.1, 0.15) is 21.9 Å². The van der Waals surface area contributed by atoms with Gasteiger partial charge in [0.15, 0.2) is 5.76 Å². The number of aryl methyl sites for hydroxylation is 1. The summed E-state index contributed by atoms with van der Waals surface area (Å²) in [4.78, 5) is 13.5. The molecule has 1 saturated heterocycles. The Hall–Kier alpha value is -1.41. The molecule has 0 bridgehead atoms. The Kier molecular flexibility index (Phi) is 4.54. The van der Waals surface area contributed by atoms with Crippen molar-refractivity contribution in [2.45, 2.75) is 19.6 Å². The maximum atomic E-state index is 11.4. The van der Waals surface area contributed by atoms with E-state index in [0.29, 0.717) is 25.5 Å². The Morgan fingerprint density at radius 2 is 2.47 bits per heavy atom. The molecule has 0 spiro atoms. The van der Waals surface area contributed by atoms with Crippen LogP contribution in [0.4, 0.5) is 0 Å². The predicted molar refractivity (Wildman–Crippen MR) is 67.2 cm³/mol. The normalized spacial score (nSPS) is 20.5. The summed E-state index contributed by atoms with van der Waals surface area (Å²) in [6.07, 6.45) is -0.146. The highest BCUT2D eigenvalue weighted by atomic mass is 16.5. The maximum absolute atomic E-state index is 11.4. The Labute approximate surface area is 111 Å². The van der Waals surface area contributed by atoms with E-state index >= 15 is 0 Å². The van der Waals surface area contributed by atoms with Gasteiger partial charge < -0.3 is 14.3 Å². The molecule has 4 N–H and O–H groups in total. The van der Waals surface area contributed by atoms with Gasteiger partial charge in [-0.3, -0.25) is 15.1 Å². The number of hydrazine groups is 1. The van der Waals surface area contributed by atoms with Gasteiger partial charge in [-0.15, -0.1) is 0 Å². The van der Waals surface area contributed by atoms with Crippen molar-refractivity contribution in [2.24, 2.45) is 5.84 Å². The molecule has 0 aliphatic carbocycles. The van der Waals surface area contributed by atoms with E-state index in [-0.39, 0.29) is 18.5 Å². The van der Waals surface area contributed by atoms with Gasteiger partial charge in [-0.25, -0.2) is 5.84 Å². The van der Waals surface area contributed by atoms with Crippen molar-refractivity contribution >= 4 is 5.91 Å². The van der Waals surface area contributed by atoms with Crippen molar-refractivity contribution in [3.8, 4) is 0 Å². The number of furan rings is 1. The van der Waals surface area contributed by atoms with Crippen LogP contribution in [0.15, 0.2) is 10.5 Å². The fourth-order valence-electron chi connectivity index (χ4n) is 2.14. The van der Waals surface area contributed by atoms with Crippen molar-refractivity contribution in [3.05, 3.63) is 23.2 Å². The quantitative estimate of drug-likeness (QED) is 0.383. The van der Waals surface area contributed by atoms with Crippen LogP contribution < -0.4 is 11.3 Å². The fourth-order valence-corrected chi connectivity index (χ4v) is 2.14. The van der Waals surface area contributed by atoms with Gasteiger partial charge in [-0.05, 0) is 13.0 Å². The summed E-state index contributed by atoms with van der Waals surface area (Å²) >= 11 is 0. The molecule has 1 aromatic rings. The maximum Gasteiger partial charge on any atom is 0.300 e. The minimum Gasteiger partial charge on any atom is -0.456 e. The molecule has 7 heteroatoms. The lowest BCUT2D eigenvalue weighted by Crippen LogP contribution is -2.43. The van der Waals surface area contributed by atoms with E-state index in [0.717, 1.165) is 12.1 Å². The number of hydrogen-bond donors (Lipinski definition) is 3. The van der Waals surface area contributed by atoms with Crippen molar-refractivity contribution in [1.29, 1.82) is 0 Å². The van der Waals surface area contributed by atoms with E-state index in [1.54, 1.807) is 6.07 Å². The number of morpholine rings is 1. The van der Waals surface area contributed by atoms with Crippen molar-refractivity contribution in [3.63, 3.8) is 0 Å². The molecule has 0 saturated carbocycles. The van der Waals surface area contributed by atoms with Crippen LogP contribution in [0.3, 0.4) is 0 Å². The number of amides is 1. The fraction of sp³-hybridized carbons (Fsp3) is 0.583. The second-order valence-corrected chi connectivity index (χ2v) is 4.58. The van der Waals surface area contributed by atoms with Gasteiger partial charge >= 0.3 is 5.91 Å². The molecular weight excluding hydrogens is 250 g/mol. The van der Waals surface area contributed by atoms with Gasteiger partial charge in [-0.2, -0.15) is 0 Å². The zero-order chi connectivity index (χ0) is 13.8. The third-order valence-electron chi connectivity index (χ3n) is 3.20. The number of carbonyl (C=O) groups is 1. The van der Waals surface area contributed by atoms with Crippen LogP contribution in [0.25, 0.3) is 0 Å². The van der Waals surface area contributed by atoms with E-state index in [1.165, 1.54) is 0 Å². The highest BCUT2D eigenvalue weighted by Gasteiger charge is 2.22. The first-order chi connectivity index (χ1) is 9.13. The molecule has 0 radical (unpaired) electrons. The average Bonchev–Trinajstić information content (AvgIpc) is 2.79. The zero-order valence-electron chi connectivity index (χ0n) is 10.9. The average molecular weight is 269 g/mol. The molecule has 19 heavy (non-hydrogen) atoms. The molecule has 1 amide bonds. The third kappa shape index (κ3) is 3.32. The molecule has 2 rings (SSSR count).